The van der Waals surface area contributed by atoms with Gasteiger partial charge in [0.2, 0.25) is 10.0 Å². The Morgan fingerprint density at radius 1 is 1.10 bits per heavy atom. The van der Waals surface area contributed by atoms with E-state index in [2.05, 4.69) is 28.7 Å². The van der Waals surface area contributed by atoms with Gasteiger partial charge in [0, 0.05) is 41.4 Å². The summed E-state index contributed by atoms with van der Waals surface area (Å²) in [7, 11) is -3.87. The number of rotatable bonds is 0. The smallest absolute Gasteiger partial charge is 0.264 e. The molecule has 226 valence electrons. The number of fused-ring (bicyclic) bond motifs is 7. The summed E-state index contributed by atoms with van der Waals surface area (Å²) in [6.07, 6.45) is 6.05. The summed E-state index contributed by atoms with van der Waals surface area (Å²) in [5.41, 5.74) is 3.48. The highest BCUT2D eigenvalue weighted by molar-refractivity contribution is 7.90. The van der Waals surface area contributed by atoms with E-state index in [0.717, 1.165) is 68.1 Å². The number of nitrogens with one attached hydrogen (secondary N) is 1. The molecule has 10 heteroatoms. The average Bonchev–Trinajstić information content (AvgIpc) is 3.09. The van der Waals surface area contributed by atoms with Gasteiger partial charge in [0.05, 0.1) is 43.5 Å². The van der Waals surface area contributed by atoms with E-state index < -0.39 is 15.9 Å². The molecular weight excluding hydrogens is 576 g/mol. The maximum absolute atomic E-state index is 13.2. The van der Waals surface area contributed by atoms with Crippen LogP contribution in [-0.4, -0.2) is 65.2 Å². The van der Waals surface area contributed by atoms with E-state index in [9.17, 15) is 13.2 Å². The highest BCUT2D eigenvalue weighted by atomic mass is 35.5. The van der Waals surface area contributed by atoms with Crippen molar-refractivity contribution in [1.29, 1.82) is 0 Å². The van der Waals surface area contributed by atoms with Crippen LogP contribution in [0.5, 0.6) is 5.75 Å². The summed E-state index contributed by atoms with van der Waals surface area (Å²) in [5.74, 6) is 0.841. The maximum atomic E-state index is 13.2. The minimum Gasteiger partial charge on any atom is -0.490 e. The zero-order valence-electron chi connectivity index (χ0n) is 24.0. The molecule has 1 saturated heterocycles. The summed E-state index contributed by atoms with van der Waals surface area (Å²) in [6.45, 7) is 4.83. The fourth-order valence-electron chi connectivity index (χ4n) is 7.85. The molecule has 1 N–H and O–H groups in total. The number of benzene rings is 2. The largest absolute Gasteiger partial charge is 0.490 e. The van der Waals surface area contributed by atoms with E-state index in [1.165, 1.54) is 11.1 Å². The van der Waals surface area contributed by atoms with E-state index in [1.807, 2.05) is 12.1 Å². The molecule has 4 bridgehead atoms. The van der Waals surface area contributed by atoms with Gasteiger partial charge >= 0.3 is 0 Å². The summed E-state index contributed by atoms with van der Waals surface area (Å²) in [6, 6.07) is 11.5. The molecule has 0 radical (unpaired) electrons. The van der Waals surface area contributed by atoms with Crippen LogP contribution in [0.3, 0.4) is 0 Å². The normalized spacial score (nSPS) is 34.2. The van der Waals surface area contributed by atoms with Crippen LogP contribution in [-0.2, 0) is 31.3 Å². The van der Waals surface area contributed by atoms with Crippen LogP contribution in [0.2, 0.25) is 5.02 Å². The number of hydrogen-bond acceptors (Lipinski definition) is 7. The summed E-state index contributed by atoms with van der Waals surface area (Å²) < 4.78 is 47.0. The molecule has 7 rings (SSSR count). The Hall–Kier alpha value is -2.33. The first-order valence-electron chi connectivity index (χ1n) is 15.3. The van der Waals surface area contributed by atoms with Crippen molar-refractivity contribution in [1.82, 2.24) is 4.72 Å². The molecule has 1 unspecified atom stereocenters. The number of ether oxygens (including phenoxy) is 3. The Bertz CT molecular complexity index is 1480. The van der Waals surface area contributed by atoms with E-state index in [-0.39, 0.29) is 35.9 Å². The fraction of sp³-hybridized carbons (Fsp3) is 0.594. The lowest BCUT2D eigenvalue weighted by atomic mass is 9.67. The molecule has 2 aromatic carbocycles. The van der Waals surface area contributed by atoms with Crippen molar-refractivity contribution in [2.24, 2.45) is 17.8 Å². The first kappa shape index (κ1) is 28.4. The van der Waals surface area contributed by atoms with Crippen molar-refractivity contribution < 1.29 is 27.4 Å². The average molecular weight is 615 g/mol. The SMILES string of the molecule is C[C@H]1CO[C@H]2C[C@@H]1OCCS(=O)(=O)NC(=O)c1ccc3c(c1)N(CC1CC[C@H]12)C[C@@]1(CCCc2cc(Cl)ccc21)CO3. The molecule has 3 heterocycles. The molecule has 8 nitrogen and oxygen atoms in total. The van der Waals surface area contributed by atoms with Gasteiger partial charge in [0.15, 0.2) is 0 Å². The Morgan fingerprint density at radius 3 is 2.81 bits per heavy atom. The number of carbonyl (C=O) groups is 1. The van der Waals surface area contributed by atoms with Gasteiger partial charge in [-0.25, -0.2) is 13.1 Å². The Morgan fingerprint density at radius 2 is 1.98 bits per heavy atom. The molecule has 6 atom stereocenters. The zero-order chi connectivity index (χ0) is 29.1. The Balaban J connectivity index is 1.28. The van der Waals surface area contributed by atoms with Gasteiger partial charge in [-0.2, -0.15) is 0 Å². The quantitative estimate of drug-likeness (QED) is 0.459. The molecule has 1 saturated carbocycles. The van der Waals surface area contributed by atoms with Crippen LogP contribution < -0.4 is 14.4 Å². The van der Waals surface area contributed by atoms with E-state index in [4.69, 9.17) is 25.8 Å². The first-order chi connectivity index (χ1) is 20.2. The number of nitrogens with zero attached hydrogens (tertiary/aromatic N) is 1. The number of carbonyl (C=O) groups excluding carboxylic acids is 1. The minimum absolute atomic E-state index is 0.0407. The lowest BCUT2D eigenvalue weighted by Gasteiger charge is -2.48. The van der Waals surface area contributed by atoms with Crippen molar-refractivity contribution >= 4 is 33.2 Å². The molecule has 0 aromatic heterocycles. The van der Waals surface area contributed by atoms with E-state index in [0.29, 0.717) is 30.6 Å². The summed E-state index contributed by atoms with van der Waals surface area (Å²) >= 11 is 6.41. The first-order valence-corrected chi connectivity index (χ1v) is 17.3. The molecule has 1 spiro atoms. The number of amides is 1. The van der Waals surface area contributed by atoms with Crippen molar-refractivity contribution in [3.63, 3.8) is 0 Å². The Kier molecular flexibility index (Phi) is 7.44. The molecule has 5 aliphatic rings. The maximum Gasteiger partial charge on any atom is 0.264 e. The highest BCUT2D eigenvalue weighted by Gasteiger charge is 2.46. The van der Waals surface area contributed by atoms with Crippen LogP contribution in [0.25, 0.3) is 0 Å². The number of aryl methyl sites for hydroxylation is 1. The van der Waals surface area contributed by atoms with Gasteiger partial charge in [-0.15, -0.1) is 0 Å². The molecule has 42 heavy (non-hydrogen) atoms. The third-order valence-corrected chi connectivity index (χ3v) is 11.7. The van der Waals surface area contributed by atoms with Crippen LogP contribution >= 0.6 is 11.6 Å². The number of sulfonamides is 1. The second-order valence-electron chi connectivity index (χ2n) is 13.0. The standard InChI is InChI=1S/C32H39ClN2O6S/c1-20-17-40-30-15-29(20)39-11-12-42(37,38)34-31(36)22-5-9-28-27(14-22)35(16-23-4-7-25(23)30)18-32(19-41-28)10-2-3-21-13-24(33)6-8-26(21)32/h5-6,8-9,13-14,20,23,25,29-30H,2-4,7,10-12,15-19H2,1H3,(H,34,36)/t20-,23?,25+,29-,30-,32-/m0/s1. The number of hydrogen-bond donors (Lipinski definition) is 1. The molecule has 2 aliphatic carbocycles. The monoisotopic (exact) mass is 614 g/mol. The van der Waals surface area contributed by atoms with E-state index >= 15 is 0 Å². The molecule has 2 fully saturated rings. The van der Waals surface area contributed by atoms with Gasteiger partial charge in [-0.05, 0) is 85.4 Å². The highest BCUT2D eigenvalue weighted by Crippen LogP contribution is 2.47. The molecule has 3 aliphatic heterocycles. The molecule has 2 aromatic rings. The number of anilines is 1. The Labute approximate surface area is 253 Å². The van der Waals surface area contributed by atoms with Gasteiger partial charge < -0.3 is 19.1 Å². The molecule has 1 amide bonds. The lowest BCUT2D eigenvalue weighted by molar-refractivity contribution is -0.139. The zero-order valence-corrected chi connectivity index (χ0v) is 25.6. The third kappa shape index (κ3) is 5.31. The lowest BCUT2D eigenvalue weighted by Crippen LogP contribution is -2.51. The van der Waals surface area contributed by atoms with Crippen LogP contribution in [0.15, 0.2) is 36.4 Å². The fourth-order valence-corrected chi connectivity index (χ4v) is 8.87. The second-order valence-corrected chi connectivity index (χ2v) is 15.3. The van der Waals surface area contributed by atoms with Crippen LogP contribution in [0.4, 0.5) is 5.69 Å². The van der Waals surface area contributed by atoms with E-state index in [1.54, 1.807) is 12.1 Å². The molecular formula is C32H39ClN2O6S. The van der Waals surface area contributed by atoms with Crippen molar-refractivity contribution in [3.05, 3.63) is 58.1 Å². The van der Waals surface area contributed by atoms with Crippen molar-refractivity contribution in [2.75, 3.05) is 43.6 Å². The predicted octanol–water partition coefficient (Wildman–Crippen LogP) is 4.72. The topological polar surface area (TPSA) is 94.2 Å². The van der Waals surface area contributed by atoms with Gasteiger partial charge in [-0.1, -0.05) is 24.6 Å². The van der Waals surface area contributed by atoms with Gasteiger partial charge in [0.25, 0.3) is 5.91 Å². The minimum atomic E-state index is -3.87. The van der Waals surface area contributed by atoms with Gasteiger partial charge in [-0.3, -0.25) is 4.79 Å². The van der Waals surface area contributed by atoms with Crippen LogP contribution in [0.1, 0.15) is 60.5 Å². The summed E-state index contributed by atoms with van der Waals surface area (Å²) in [5, 5.41) is 0.751. The third-order valence-electron chi connectivity index (χ3n) is 10.3. The summed E-state index contributed by atoms with van der Waals surface area (Å²) in [4.78, 5) is 15.6. The van der Waals surface area contributed by atoms with Gasteiger partial charge in [0.1, 0.15) is 5.75 Å². The second kappa shape index (κ2) is 11.0. The van der Waals surface area contributed by atoms with Crippen molar-refractivity contribution in [2.45, 2.75) is 63.1 Å². The number of halogens is 1. The van der Waals surface area contributed by atoms with Crippen LogP contribution in [0, 0.1) is 17.8 Å². The van der Waals surface area contributed by atoms with Crippen molar-refractivity contribution in [3.8, 4) is 5.75 Å². The predicted molar refractivity (Wildman–Crippen MR) is 161 cm³/mol.